The fraction of sp³-hybridized carbons (Fsp3) is 0.538. The summed E-state index contributed by atoms with van der Waals surface area (Å²) in [6.45, 7) is 8.23. The summed E-state index contributed by atoms with van der Waals surface area (Å²) in [5, 5.41) is 0.871. The van der Waals surface area contributed by atoms with Gasteiger partial charge in [0.15, 0.2) is 0 Å². The molecule has 0 bridgehead atoms. The molecule has 90 valence electrons. The Morgan fingerprint density at radius 3 is 2.19 bits per heavy atom. The standard InChI is InChI=1S/C13H19BrO2/c1-10-8-11(2)13(12(3)9-10)16-7-6-15-5-4-14/h8-9H,4-7H2,1-3H3. The highest BCUT2D eigenvalue weighted by atomic mass is 79.9. The van der Waals surface area contributed by atoms with Crippen LogP contribution in [0, 0.1) is 20.8 Å². The number of hydrogen-bond donors (Lipinski definition) is 0. The third kappa shape index (κ3) is 4.14. The van der Waals surface area contributed by atoms with Crippen molar-refractivity contribution < 1.29 is 9.47 Å². The molecule has 1 aromatic carbocycles. The van der Waals surface area contributed by atoms with Gasteiger partial charge >= 0.3 is 0 Å². The maximum atomic E-state index is 5.73. The molecule has 1 aromatic rings. The van der Waals surface area contributed by atoms with Gasteiger partial charge in [-0.25, -0.2) is 0 Å². The van der Waals surface area contributed by atoms with E-state index >= 15 is 0 Å². The number of aryl methyl sites for hydroxylation is 3. The molecule has 2 nitrogen and oxygen atoms in total. The second-order valence-electron chi connectivity index (χ2n) is 3.88. The molecule has 0 amide bonds. The van der Waals surface area contributed by atoms with E-state index in [4.69, 9.17) is 9.47 Å². The van der Waals surface area contributed by atoms with Gasteiger partial charge in [-0.3, -0.25) is 0 Å². The zero-order chi connectivity index (χ0) is 12.0. The Hall–Kier alpha value is -0.540. The smallest absolute Gasteiger partial charge is 0.125 e. The molecule has 16 heavy (non-hydrogen) atoms. The van der Waals surface area contributed by atoms with Crippen LogP contribution in [0.1, 0.15) is 16.7 Å². The van der Waals surface area contributed by atoms with Crippen LogP contribution in [0.25, 0.3) is 0 Å². The van der Waals surface area contributed by atoms with Crippen LogP contribution in [0.3, 0.4) is 0 Å². The summed E-state index contributed by atoms with van der Waals surface area (Å²) in [6.07, 6.45) is 0. The van der Waals surface area contributed by atoms with Gasteiger partial charge in [0.2, 0.25) is 0 Å². The number of ether oxygens (including phenoxy) is 2. The number of rotatable bonds is 6. The summed E-state index contributed by atoms with van der Waals surface area (Å²) in [5.41, 5.74) is 3.66. The van der Waals surface area contributed by atoms with Crippen molar-refractivity contribution in [2.24, 2.45) is 0 Å². The van der Waals surface area contributed by atoms with E-state index in [0.29, 0.717) is 13.2 Å². The van der Waals surface area contributed by atoms with Gasteiger partial charge in [0, 0.05) is 5.33 Å². The van der Waals surface area contributed by atoms with Crippen LogP contribution in [-0.2, 0) is 4.74 Å². The van der Waals surface area contributed by atoms with Crippen molar-refractivity contribution in [3.63, 3.8) is 0 Å². The molecule has 0 aromatic heterocycles. The number of benzene rings is 1. The first-order valence-corrected chi connectivity index (χ1v) is 6.61. The van der Waals surface area contributed by atoms with E-state index in [1.54, 1.807) is 0 Å². The molecule has 0 saturated carbocycles. The average Bonchev–Trinajstić information content (AvgIpc) is 2.20. The van der Waals surface area contributed by atoms with Crippen LogP contribution >= 0.6 is 15.9 Å². The van der Waals surface area contributed by atoms with Gasteiger partial charge in [-0.15, -0.1) is 0 Å². The SMILES string of the molecule is Cc1cc(C)c(OCCOCCBr)c(C)c1. The van der Waals surface area contributed by atoms with Crippen molar-refractivity contribution >= 4 is 15.9 Å². The van der Waals surface area contributed by atoms with Gasteiger partial charge in [-0.2, -0.15) is 0 Å². The van der Waals surface area contributed by atoms with Crippen LogP contribution in [0.5, 0.6) is 5.75 Å². The number of halogens is 1. The summed E-state index contributed by atoms with van der Waals surface area (Å²) in [6, 6.07) is 4.28. The van der Waals surface area contributed by atoms with E-state index in [1.165, 1.54) is 16.7 Å². The lowest BCUT2D eigenvalue weighted by atomic mass is 10.1. The first-order chi connectivity index (χ1) is 7.65. The highest BCUT2D eigenvalue weighted by Crippen LogP contribution is 2.24. The van der Waals surface area contributed by atoms with E-state index in [0.717, 1.165) is 17.7 Å². The molecule has 0 spiro atoms. The second-order valence-corrected chi connectivity index (χ2v) is 4.67. The Labute approximate surface area is 106 Å². The minimum atomic E-state index is 0.609. The lowest BCUT2D eigenvalue weighted by Crippen LogP contribution is -2.09. The van der Waals surface area contributed by atoms with Crippen LogP contribution in [0.2, 0.25) is 0 Å². The van der Waals surface area contributed by atoms with Crippen molar-refractivity contribution in [2.45, 2.75) is 20.8 Å². The lowest BCUT2D eigenvalue weighted by molar-refractivity contribution is 0.112. The quantitative estimate of drug-likeness (QED) is 0.589. The van der Waals surface area contributed by atoms with Crippen molar-refractivity contribution in [1.82, 2.24) is 0 Å². The maximum absolute atomic E-state index is 5.73. The van der Waals surface area contributed by atoms with Crippen molar-refractivity contribution in [2.75, 3.05) is 25.2 Å². The van der Waals surface area contributed by atoms with E-state index < -0.39 is 0 Å². The number of alkyl halides is 1. The molecule has 1 rings (SSSR count). The zero-order valence-electron chi connectivity index (χ0n) is 10.2. The molecule has 0 aliphatic heterocycles. The summed E-state index contributed by atoms with van der Waals surface area (Å²) in [7, 11) is 0. The minimum absolute atomic E-state index is 0.609. The van der Waals surface area contributed by atoms with Crippen LogP contribution in [0.4, 0.5) is 0 Å². The number of hydrogen-bond acceptors (Lipinski definition) is 2. The first-order valence-electron chi connectivity index (χ1n) is 5.49. The third-order valence-corrected chi connectivity index (χ3v) is 2.62. The molecule has 0 saturated heterocycles. The van der Waals surface area contributed by atoms with Crippen molar-refractivity contribution in [3.05, 3.63) is 28.8 Å². The zero-order valence-corrected chi connectivity index (χ0v) is 11.8. The van der Waals surface area contributed by atoms with Crippen LogP contribution in [0.15, 0.2) is 12.1 Å². The van der Waals surface area contributed by atoms with E-state index in [-0.39, 0.29) is 0 Å². The predicted molar refractivity (Wildman–Crippen MR) is 70.8 cm³/mol. The third-order valence-electron chi connectivity index (χ3n) is 2.30. The molecule has 0 aliphatic carbocycles. The largest absolute Gasteiger partial charge is 0.491 e. The van der Waals surface area contributed by atoms with Crippen molar-refractivity contribution in [1.29, 1.82) is 0 Å². The highest BCUT2D eigenvalue weighted by molar-refractivity contribution is 9.09. The summed E-state index contributed by atoms with van der Waals surface area (Å²) < 4.78 is 11.1. The van der Waals surface area contributed by atoms with E-state index in [2.05, 4.69) is 48.8 Å². The summed E-state index contributed by atoms with van der Waals surface area (Å²) in [4.78, 5) is 0. The van der Waals surface area contributed by atoms with Gasteiger partial charge in [0.1, 0.15) is 12.4 Å². The molecular weight excluding hydrogens is 268 g/mol. The molecular formula is C13H19BrO2. The molecule has 0 fully saturated rings. The van der Waals surface area contributed by atoms with Gasteiger partial charge in [-0.05, 0) is 31.9 Å². The molecule has 0 atom stereocenters. The Morgan fingerprint density at radius 2 is 1.62 bits per heavy atom. The van der Waals surface area contributed by atoms with Gasteiger partial charge in [0.05, 0.1) is 13.2 Å². The monoisotopic (exact) mass is 286 g/mol. The topological polar surface area (TPSA) is 18.5 Å². The van der Waals surface area contributed by atoms with E-state index in [9.17, 15) is 0 Å². The predicted octanol–water partition coefficient (Wildman–Crippen LogP) is 3.40. The summed E-state index contributed by atoms with van der Waals surface area (Å²) in [5.74, 6) is 0.994. The molecule has 0 heterocycles. The normalized spacial score (nSPS) is 10.5. The highest BCUT2D eigenvalue weighted by Gasteiger charge is 2.04. The maximum Gasteiger partial charge on any atom is 0.125 e. The van der Waals surface area contributed by atoms with Crippen molar-refractivity contribution in [3.8, 4) is 5.75 Å². The Kier molecular flexibility index (Phi) is 5.85. The Balaban J connectivity index is 2.47. The Morgan fingerprint density at radius 1 is 1.00 bits per heavy atom. The van der Waals surface area contributed by atoms with Crippen LogP contribution in [-0.4, -0.2) is 25.2 Å². The lowest BCUT2D eigenvalue weighted by Gasteiger charge is -2.13. The Bertz CT molecular complexity index is 314. The molecule has 0 N–H and O–H groups in total. The molecule has 0 aliphatic rings. The first kappa shape index (κ1) is 13.5. The fourth-order valence-corrected chi connectivity index (χ4v) is 1.98. The van der Waals surface area contributed by atoms with Gasteiger partial charge in [0.25, 0.3) is 0 Å². The second kappa shape index (κ2) is 6.92. The minimum Gasteiger partial charge on any atom is -0.491 e. The average molecular weight is 287 g/mol. The molecule has 0 radical (unpaired) electrons. The van der Waals surface area contributed by atoms with Crippen LogP contribution < -0.4 is 4.74 Å². The molecule has 0 unspecified atom stereocenters. The van der Waals surface area contributed by atoms with Gasteiger partial charge in [-0.1, -0.05) is 33.6 Å². The summed E-state index contributed by atoms with van der Waals surface area (Å²) >= 11 is 3.31. The van der Waals surface area contributed by atoms with Gasteiger partial charge < -0.3 is 9.47 Å². The fourth-order valence-electron chi connectivity index (χ4n) is 1.75. The van der Waals surface area contributed by atoms with E-state index in [1.807, 2.05) is 0 Å². The molecule has 3 heteroatoms.